The average Bonchev–Trinajstić information content (AvgIpc) is 2.79. The Morgan fingerprint density at radius 3 is 2.28 bits per heavy atom. The lowest BCUT2D eigenvalue weighted by molar-refractivity contribution is 0.102. The fraction of sp³-hybridized carbons (Fsp3) is 0.280. The zero-order chi connectivity index (χ0) is 22.9. The number of aryl methyl sites for hydroxylation is 1. The smallest absolute Gasteiger partial charge is 0.259 e. The van der Waals surface area contributed by atoms with Crippen LogP contribution in [-0.4, -0.2) is 24.6 Å². The highest BCUT2D eigenvalue weighted by Gasteiger charge is 2.14. The third-order valence-electron chi connectivity index (χ3n) is 4.81. The van der Waals surface area contributed by atoms with Gasteiger partial charge in [0.1, 0.15) is 23.1 Å². The molecule has 168 valence electrons. The van der Waals surface area contributed by atoms with Crippen LogP contribution in [-0.2, 0) is 11.3 Å². The maximum absolute atomic E-state index is 12.7. The molecule has 7 heteroatoms. The Morgan fingerprint density at radius 2 is 1.66 bits per heavy atom. The van der Waals surface area contributed by atoms with Gasteiger partial charge >= 0.3 is 0 Å². The van der Waals surface area contributed by atoms with Gasteiger partial charge in [-0.2, -0.15) is 0 Å². The van der Waals surface area contributed by atoms with E-state index in [0.29, 0.717) is 41.7 Å². The number of unbranched alkanes of at least 4 members (excludes halogenated alkanes) is 1. The van der Waals surface area contributed by atoms with Crippen LogP contribution in [0, 0.1) is 6.92 Å². The summed E-state index contributed by atoms with van der Waals surface area (Å²) in [6, 6.07) is 16.3. The minimum absolute atomic E-state index is 0.169. The van der Waals surface area contributed by atoms with E-state index in [9.17, 15) is 4.79 Å². The number of carbonyl (C=O) groups is 1. The van der Waals surface area contributed by atoms with Gasteiger partial charge in [0.15, 0.2) is 0 Å². The van der Waals surface area contributed by atoms with Crippen molar-refractivity contribution in [1.29, 1.82) is 0 Å². The molecular formula is C25H29N3O4. The van der Waals surface area contributed by atoms with Crippen LogP contribution in [0.4, 0.5) is 11.5 Å². The monoisotopic (exact) mass is 435 g/mol. The Kier molecular flexibility index (Phi) is 8.05. The first-order valence-electron chi connectivity index (χ1n) is 10.6. The van der Waals surface area contributed by atoms with E-state index in [1.165, 1.54) is 0 Å². The van der Waals surface area contributed by atoms with Crippen LogP contribution >= 0.6 is 0 Å². The highest BCUT2D eigenvalue weighted by Crippen LogP contribution is 2.26. The minimum Gasteiger partial charge on any atom is -0.494 e. The summed E-state index contributed by atoms with van der Waals surface area (Å²) in [5.74, 6) is 2.03. The molecule has 3 rings (SSSR count). The van der Waals surface area contributed by atoms with Gasteiger partial charge in [-0.05, 0) is 73.5 Å². The lowest BCUT2D eigenvalue weighted by Gasteiger charge is -2.12. The number of methoxy groups -OCH3 is 1. The summed E-state index contributed by atoms with van der Waals surface area (Å²) in [4.78, 5) is 16.9. The number of amides is 1. The zero-order valence-corrected chi connectivity index (χ0v) is 18.7. The van der Waals surface area contributed by atoms with E-state index in [-0.39, 0.29) is 11.7 Å². The number of hydrogen-bond donors (Lipinski definition) is 2. The van der Waals surface area contributed by atoms with Gasteiger partial charge in [-0.3, -0.25) is 4.79 Å². The van der Waals surface area contributed by atoms with Crippen molar-refractivity contribution in [3.63, 3.8) is 0 Å². The van der Waals surface area contributed by atoms with Gasteiger partial charge in [-0.25, -0.2) is 4.98 Å². The number of pyridine rings is 1. The molecule has 0 aliphatic heterocycles. The normalized spacial score (nSPS) is 10.6. The van der Waals surface area contributed by atoms with Crippen LogP contribution in [0.5, 0.6) is 17.2 Å². The van der Waals surface area contributed by atoms with Crippen LogP contribution in [0.15, 0.2) is 54.6 Å². The predicted octanol–water partition coefficient (Wildman–Crippen LogP) is 5.34. The van der Waals surface area contributed by atoms with Gasteiger partial charge in [-0.15, -0.1) is 0 Å². The summed E-state index contributed by atoms with van der Waals surface area (Å²) in [5.41, 5.74) is 8.48. The van der Waals surface area contributed by atoms with E-state index < -0.39 is 0 Å². The fourth-order valence-corrected chi connectivity index (χ4v) is 3.01. The Morgan fingerprint density at radius 1 is 1.03 bits per heavy atom. The number of benzene rings is 2. The van der Waals surface area contributed by atoms with Gasteiger partial charge in [0.25, 0.3) is 5.91 Å². The maximum Gasteiger partial charge on any atom is 0.259 e. The molecule has 0 spiro atoms. The molecule has 1 aromatic heterocycles. The lowest BCUT2D eigenvalue weighted by Crippen LogP contribution is -2.16. The van der Waals surface area contributed by atoms with Crippen molar-refractivity contribution in [3.05, 3.63) is 71.4 Å². The summed E-state index contributed by atoms with van der Waals surface area (Å²) in [5, 5.41) is 2.84. The van der Waals surface area contributed by atoms with Crippen molar-refractivity contribution in [2.45, 2.75) is 33.3 Å². The molecule has 0 aliphatic carbocycles. The number of ether oxygens (including phenoxy) is 3. The van der Waals surface area contributed by atoms with E-state index in [2.05, 4.69) is 17.2 Å². The quantitative estimate of drug-likeness (QED) is 0.417. The summed E-state index contributed by atoms with van der Waals surface area (Å²) in [6.45, 7) is 5.05. The van der Waals surface area contributed by atoms with Crippen molar-refractivity contribution in [2.75, 3.05) is 24.8 Å². The first-order valence-corrected chi connectivity index (χ1v) is 10.6. The first kappa shape index (κ1) is 23.1. The van der Waals surface area contributed by atoms with E-state index in [1.54, 1.807) is 37.4 Å². The van der Waals surface area contributed by atoms with Gasteiger partial charge in [0.05, 0.1) is 24.5 Å². The fourth-order valence-electron chi connectivity index (χ4n) is 3.01. The number of hydrogen-bond acceptors (Lipinski definition) is 6. The molecule has 2 aromatic carbocycles. The summed E-state index contributed by atoms with van der Waals surface area (Å²) < 4.78 is 16.6. The molecule has 0 unspecified atom stereocenters. The summed E-state index contributed by atoms with van der Waals surface area (Å²) >= 11 is 0. The van der Waals surface area contributed by atoms with Crippen LogP contribution in [0.1, 0.15) is 41.4 Å². The van der Waals surface area contributed by atoms with Gasteiger partial charge in [0.2, 0.25) is 0 Å². The SMILES string of the molecule is CCCCOc1ccc(Oc2ccc(NC(=O)c3cc(C)c(COC)nc3N)cc2)cc1. The molecule has 3 N–H and O–H groups in total. The molecule has 32 heavy (non-hydrogen) atoms. The van der Waals surface area contributed by atoms with Gasteiger partial charge in [-0.1, -0.05) is 13.3 Å². The van der Waals surface area contributed by atoms with Gasteiger partial charge < -0.3 is 25.3 Å². The Balaban J connectivity index is 1.60. The number of rotatable bonds is 10. The van der Waals surface area contributed by atoms with Crippen LogP contribution in [0.3, 0.4) is 0 Å². The topological polar surface area (TPSA) is 95.7 Å². The molecular weight excluding hydrogens is 406 g/mol. The number of nitrogens with two attached hydrogens (primary N) is 1. The number of nitrogen functional groups attached to an aromatic ring is 1. The van der Waals surface area contributed by atoms with Crippen molar-refractivity contribution in [3.8, 4) is 17.2 Å². The molecule has 0 aliphatic rings. The van der Waals surface area contributed by atoms with Crippen molar-refractivity contribution < 1.29 is 19.0 Å². The number of nitrogens with zero attached hydrogens (tertiary/aromatic N) is 1. The van der Waals surface area contributed by atoms with Crippen molar-refractivity contribution in [1.82, 2.24) is 4.98 Å². The largest absolute Gasteiger partial charge is 0.494 e. The number of carbonyl (C=O) groups excluding carboxylic acids is 1. The molecule has 7 nitrogen and oxygen atoms in total. The second-order valence-electron chi connectivity index (χ2n) is 7.37. The van der Waals surface area contributed by atoms with E-state index in [1.807, 2.05) is 31.2 Å². The molecule has 1 amide bonds. The van der Waals surface area contributed by atoms with Crippen LogP contribution in [0.2, 0.25) is 0 Å². The average molecular weight is 436 g/mol. The van der Waals surface area contributed by atoms with E-state index in [0.717, 1.165) is 24.2 Å². The lowest BCUT2D eigenvalue weighted by atomic mass is 10.1. The molecule has 0 saturated carbocycles. The van der Waals surface area contributed by atoms with E-state index >= 15 is 0 Å². The highest BCUT2D eigenvalue weighted by molar-refractivity contribution is 6.07. The molecule has 1 heterocycles. The molecule has 0 bridgehead atoms. The van der Waals surface area contributed by atoms with Crippen LogP contribution < -0.4 is 20.5 Å². The Bertz CT molecular complexity index is 1030. The highest BCUT2D eigenvalue weighted by atomic mass is 16.5. The van der Waals surface area contributed by atoms with Crippen molar-refractivity contribution >= 4 is 17.4 Å². The summed E-state index contributed by atoms with van der Waals surface area (Å²) in [7, 11) is 1.59. The zero-order valence-electron chi connectivity index (χ0n) is 18.7. The standard InChI is InChI=1S/C25H29N3O4/c1-4-5-14-31-19-10-12-21(13-11-19)32-20-8-6-18(7-9-20)27-25(29)22-15-17(2)23(16-30-3)28-24(22)26/h6-13,15H,4-5,14,16H2,1-3H3,(H2,26,28)(H,27,29). The third-order valence-corrected chi connectivity index (χ3v) is 4.81. The van der Waals surface area contributed by atoms with Crippen molar-refractivity contribution in [2.24, 2.45) is 0 Å². The molecule has 0 radical (unpaired) electrons. The molecule has 3 aromatic rings. The van der Waals surface area contributed by atoms with Gasteiger partial charge in [0, 0.05) is 12.8 Å². The Hall–Kier alpha value is -3.58. The third kappa shape index (κ3) is 6.21. The predicted molar refractivity (Wildman–Crippen MR) is 125 cm³/mol. The molecule has 0 saturated heterocycles. The molecule has 0 fully saturated rings. The van der Waals surface area contributed by atoms with E-state index in [4.69, 9.17) is 19.9 Å². The first-order chi connectivity index (χ1) is 15.5. The van der Waals surface area contributed by atoms with Crippen LogP contribution in [0.25, 0.3) is 0 Å². The number of anilines is 2. The Labute approximate surface area is 188 Å². The maximum atomic E-state index is 12.7. The number of aromatic nitrogens is 1. The second-order valence-corrected chi connectivity index (χ2v) is 7.37. The minimum atomic E-state index is -0.325. The summed E-state index contributed by atoms with van der Waals surface area (Å²) in [6.07, 6.45) is 2.13. The number of nitrogens with one attached hydrogen (secondary N) is 1. The molecule has 0 atom stereocenters. The second kappa shape index (κ2) is 11.2.